The van der Waals surface area contributed by atoms with Crippen molar-refractivity contribution in [2.24, 2.45) is 0 Å². The molecule has 2 heterocycles. The molecule has 0 amide bonds. The maximum Gasteiger partial charge on any atom is 0.143 e. The normalized spacial score (nSPS) is 11.3. The Kier molecular flexibility index (Phi) is 5.22. The average molecular weight is 537 g/mol. The van der Waals surface area contributed by atoms with Crippen LogP contribution in [0, 0.1) is 22.7 Å². The number of hydrogen-bond acceptors (Lipinski definition) is 4. The van der Waals surface area contributed by atoms with Crippen LogP contribution in [0.5, 0.6) is 0 Å². The number of furan rings is 2. The van der Waals surface area contributed by atoms with Crippen molar-refractivity contribution in [3.8, 4) is 45.5 Å². The minimum atomic E-state index is 0.423. The van der Waals surface area contributed by atoms with Gasteiger partial charge in [0.25, 0.3) is 0 Å². The zero-order valence-corrected chi connectivity index (χ0v) is 22.3. The van der Waals surface area contributed by atoms with E-state index < -0.39 is 0 Å². The molecule has 8 rings (SSSR count). The number of nitriles is 2. The summed E-state index contributed by atoms with van der Waals surface area (Å²) in [4.78, 5) is 0. The lowest BCUT2D eigenvalue weighted by molar-refractivity contribution is 0.669. The van der Waals surface area contributed by atoms with E-state index in [1.165, 1.54) is 0 Å². The van der Waals surface area contributed by atoms with E-state index in [9.17, 15) is 10.5 Å². The van der Waals surface area contributed by atoms with Crippen LogP contribution in [0.3, 0.4) is 0 Å². The first-order chi connectivity index (χ1) is 20.7. The van der Waals surface area contributed by atoms with Crippen LogP contribution in [0.2, 0.25) is 0 Å². The summed E-state index contributed by atoms with van der Waals surface area (Å²) >= 11 is 0. The van der Waals surface area contributed by atoms with Gasteiger partial charge in [0.15, 0.2) is 0 Å². The largest absolute Gasteiger partial charge is 0.456 e. The molecule has 0 radical (unpaired) electrons. The smallest absolute Gasteiger partial charge is 0.143 e. The molecular weight excluding hydrogens is 516 g/mol. The highest BCUT2D eigenvalue weighted by atomic mass is 16.3. The van der Waals surface area contributed by atoms with Crippen LogP contribution in [0.1, 0.15) is 11.1 Å². The van der Waals surface area contributed by atoms with Crippen LogP contribution in [0.4, 0.5) is 0 Å². The molecule has 0 saturated heterocycles. The van der Waals surface area contributed by atoms with Gasteiger partial charge in [-0.3, -0.25) is 0 Å². The molecular formula is C38H20N2O2. The van der Waals surface area contributed by atoms with Crippen LogP contribution in [0.15, 0.2) is 130 Å². The van der Waals surface area contributed by atoms with Crippen molar-refractivity contribution in [2.75, 3.05) is 0 Å². The summed E-state index contributed by atoms with van der Waals surface area (Å²) in [6, 6.07) is 44.5. The van der Waals surface area contributed by atoms with E-state index in [1.807, 2.05) is 115 Å². The number of para-hydroxylation sites is 3. The molecule has 0 fully saturated rings. The second-order valence-corrected chi connectivity index (χ2v) is 10.3. The Morgan fingerprint density at radius 3 is 1.76 bits per heavy atom. The lowest BCUT2D eigenvalue weighted by Gasteiger charge is -2.17. The van der Waals surface area contributed by atoms with Gasteiger partial charge in [0, 0.05) is 43.8 Å². The lowest BCUT2D eigenvalue weighted by atomic mass is 9.83. The van der Waals surface area contributed by atoms with E-state index in [0.717, 1.165) is 60.5 Å². The molecule has 0 atom stereocenters. The molecule has 6 aromatic carbocycles. The lowest BCUT2D eigenvalue weighted by Crippen LogP contribution is -1.98. The summed E-state index contributed by atoms with van der Waals surface area (Å²) in [5.74, 6) is 0. The molecule has 194 valence electrons. The fourth-order valence-corrected chi connectivity index (χ4v) is 6.10. The predicted molar refractivity (Wildman–Crippen MR) is 167 cm³/mol. The Balaban J connectivity index is 1.50. The van der Waals surface area contributed by atoms with Crippen molar-refractivity contribution in [2.45, 2.75) is 0 Å². The molecule has 4 heteroatoms. The summed E-state index contributed by atoms with van der Waals surface area (Å²) in [5.41, 5.74) is 8.40. The zero-order chi connectivity index (χ0) is 28.2. The highest BCUT2D eigenvalue weighted by Gasteiger charge is 2.25. The SMILES string of the molecule is N#Cc1c(-c2ccccc2)cc(-c2ccc3oc4ccccc4c3c2)c(C#N)c1-c1cccc2c1oc1ccccc12. The van der Waals surface area contributed by atoms with E-state index in [0.29, 0.717) is 27.8 Å². The van der Waals surface area contributed by atoms with Crippen molar-refractivity contribution in [3.05, 3.63) is 132 Å². The quantitative estimate of drug-likeness (QED) is 0.225. The van der Waals surface area contributed by atoms with E-state index in [4.69, 9.17) is 8.83 Å². The third-order valence-corrected chi connectivity index (χ3v) is 8.00. The molecule has 0 aliphatic rings. The summed E-state index contributed by atoms with van der Waals surface area (Å²) in [6.07, 6.45) is 0. The van der Waals surface area contributed by atoms with Crippen molar-refractivity contribution in [1.29, 1.82) is 10.5 Å². The van der Waals surface area contributed by atoms with E-state index in [1.54, 1.807) is 0 Å². The molecule has 4 nitrogen and oxygen atoms in total. The number of rotatable bonds is 3. The van der Waals surface area contributed by atoms with Gasteiger partial charge in [0.1, 0.15) is 34.5 Å². The Morgan fingerprint density at radius 1 is 0.429 bits per heavy atom. The van der Waals surface area contributed by atoms with Gasteiger partial charge < -0.3 is 8.83 Å². The van der Waals surface area contributed by atoms with Crippen LogP contribution >= 0.6 is 0 Å². The monoisotopic (exact) mass is 536 g/mol. The van der Waals surface area contributed by atoms with E-state index >= 15 is 0 Å². The fourth-order valence-electron chi connectivity index (χ4n) is 6.10. The summed E-state index contributed by atoms with van der Waals surface area (Å²) in [6.45, 7) is 0. The van der Waals surface area contributed by atoms with Gasteiger partial charge in [-0.2, -0.15) is 10.5 Å². The Labute approximate surface area is 240 Å². The zero-order valence-electron chi connectivity index (χ0n) is 22.3. The maximum absolute atomic E-state index is 10.8. The van der Waals surface area contributed by atoms with Gasteiger partial charge in [0.2, 0.25) is 0 Å². The molecule has 8 aromatic rings. The first-order valence-corrected chi connectivity index (χ1v) is 13.6. The Morgan fingerprint density at radius 2 is 1.02 bits per heavy atom. The van der Waals surface area contributed by atoms with Crippen LogP contribution in [0.25, 0.3) is 77.3 Å². The van der Waals surface area contributed by atoms with Crippen molar-refractivity contribution >= 4 is 43.9 Å². The van der Waals surface area contributed by atoms with E-state index in [2.05, 4.69) is 18.2 Å². The van der Waals surface area contributed by atoms with Crippen molar-refractivity contribution in [1.82, 2.24) is 0 Å². The number of benzene rings is 6. The molecule has 0 bridgehead atoms. The minimum Gasteiger partial charge on any atom is -0.456 e. The topological polar surface area (TPSA) is 73.9 Å². The number of nitrogens with zero attached hydrogens (tertiary/aromatic N) is 2. The molecule has 0 aliphatic heterocycles. The average Bonchev–Trinajstić information content (AvgIpc) is 3.62. The fraction of sp³-hybridized carbons (Fsp3) is 0. The van der Waals surface area contributed by atoms with Crippen molar-refractivity contribution < 1.29 is 8.83 Å². The highest BCUT2D eigenvalue weighted by Crippen LogP contribution is 2.45. The molecule has 0 spiro atoms. The maximum atomic E-state index is 10.8. The Hall–Kier alpha value is -6.10. The first kappa shape index (κ1) is 23.8. The molecule has 0 N–H and O–H groups in total. The second-order valence-electron chi connectivity index (χ2n) is 10.3. The van der Waals surface area contributed by atoms with Crippen LogP contribution < -0.4 is 0 Å². The molecule has 2 aromatic heterocycles. The number of fused-ring (bicyclic) bond motifs is 6. The van der Waals surface area contributed by atoms with Crippen LogP contribution in [-0.2, 0) is 0 Å². The summed E-state index contributed by atoms with van der Waals surface area (Å²) in [7, 11) is 0. The molecule has 42 heavy (non-hydrogen) atoms. The predicted octanol–water partition coefficient (Wildman–Crippen LogP) is 10.2. The third-order valence-electron chi connectivity index (χ3n) is 8.00. The third kappa shape index (κ3) is 3.47. The highest BCUT2D eigenvalue weighted by molar-refractivity contribution is 6.12. The second kappa shape index (κ2) is 9.24. The number of hydrogen-bond donors (Lipinski definition) is 0. The molecule has 0 saturated carbocycles. The van der Waals surface area contributed by atoms with Gasteiger partial charge in [-0.15, -0.1) is 0 Å². The first-order valence-electron chi connectivity index (χ1n) is 13.6. The van der Waals surface area contributed by atoms with Gasteiger partial charge in [0.05, 0.1) is 11.1 Å². The minimum absolute atomic E-state index is 0.423. The van der Waals surface area contributed by atoms with Gasteiger partial charge in [-0.05, 0) is 41.5 Å². The van der Waals surface area contributed by atoms with Gasteiger partial charge in [-0.1, -0.05) is 91.0 Å². The Bertz CT molecular complexity index is 2430. The van der Waals surface area contributed by atoms with Gasteiger partial charge >= 0.3 is 0 Å². The molecule has 0 unspecified atom stereocenters. The summed E-state index contributed by atoms with van der Waals surface area (Å²) in [5, 5.41) is 25.3. The molecule has 0 aliphatic carbocycles. The van der Waals surface area contributed by atoms with Gasteiger partial charge in [-0.25, -0.2) is 0 Å². The summed E-state index contributed by atoms with van der Waals surface area (Å²) < 4.78 is 12.5. The van der Waals surface area contributed by atoms with E-state index in [-0.39, 0.29) is 0 Å². The van der Waals surface area contributed by atoms with Crippen molar-refractivity contribution in [3.63, 3.8) is 0 Å². The van der Waals surface area contributed by atoms with Crippen LogP contribution in [-0.4, -0.2) is 0 Å². The standard InChI is InChI=1S/C38H20N2O2/c39-21-32-29(23-9-2-1-3-10-23)20-30(24-17-18-36-31(19-24)26-12-5-6-15-34(26)41-36)33(22-40)37(32)28-14-8-13-27-25-11-4-7-16-35(25)42-38(27)28/h1-20H.